The number of aryl methyl sites for hydroxylation is 1. The summed E-state index contributed by atoms with van der Waals surface area (Å²) in [6.07, 6.45) is 4.41. The van der Waals surface area contributed by atoms with Crippen molar-refractivity contribution in [1.29, 1.82) is 0 Å². The molecule has 18 heavy (non-hydrogen) atoms. The van der Waals surface area contributed by atoms with Crippen LogP contribution in [0.15, 0.2) is 30.5 Å². The number of aliphatic hydroxyl groups is 1. The van der Waals surface area contributed by atoms with Crippen molar-refractivity contribution < 1.29 is 9.50 Å². The number of rotatable bonds is 1. The van der Waals surface area contributed by atoms with Gasteiger partial charge in [-0.25, -0.2) is 4.39 Å². The van der Waals surface area contributed by atoms with E-state index in [0.29, 0.717) is 5.56 Å². The highest BCUT2D eigenvalue weighted by Gasteiger charge is 2.21. The van der Waals surface area contributed by atoms with Crippen molar-refractivity contribution in [3.8, 4) is 5.69 Å². The first-order valence-corrected chi connectivity index (χ1v) is 6.31. The second-order valence-corrected chi connectivity index (χ2v) is 4.93. The fourth-order valence-electron chi connectivity index (χ4n) is 2.69. The van der Waals surface area contributed by atoms with E-state index in [0.717, 1.165) is 36.2 Å². The second-order valence-electron chi connectivity index (χ2n) is 4.93. The van der Waals surface area contributed by atoms with Gasteiger partial charge in [0.15, 0.2) is 0 Å². The number of nitrogens with zero attached hydrogens (tertiary/aromatic N) is 1. The quantitative estimate of drug-likeness (QED) is 0.819. The molecule has 2 nitrogen and oxygen atoms in total. The molecule has 0 spiro atoms. The molecule has 0 saturated heterocycles. The molecule has 0 amide bonds. The Morgan fingerprint density at radius 1 is 1.33 bits per heavy atom. The molecule has 0 bridgehead atoms. The summed E-state index contributed by atoms with van der Waals surface area (Å²) in [5, 5.41) is 9.95. The van der Waals surface area contributed by atoms with Crippen LogP contribution in [0.5, 0.6) is 0 Å². The highest BCUT2D eigenvalue weighted by molar-refractivity contribution is 5.42. The Morgan fingerprint density at radius 2 is 2.17 bits per heavy atom. The largest absolute Gasteiger partial charge is 0.388 e. The van der Waals surface area contributed by atoms with E-state index >= 15 is 0 Å². The van der Waals surface area contributed by atoms with E-state index in [4.69, 9.17) is 0 Å². The molecule has 1 N–H and O–H groups in total. The highest BCUT2D eigenvalue weighted by atomic mass is 19.1. The molecule has 1 aromatic carbocycles. The lowest BCUT2D eigenvalue weighted by Gasteiger charge is -2.20. The van der Waals surface area contributed by atoms with E-state index < -0.39 is 0 Å². The summed E-state index contributed by atoms with van der Waals surface area (Å²) in [5.41, 5.74) is 3.78. The molecule has 1 unspecified atom stereocenters. The number of aromatic nitrogens is 1. The molecule has 0 saturated carbocycles. The first-order valence-electron chi connectivity index (χ1n) is 6.31. The maximum atomic E-state index is 13.3. The molecule has 1 atom stereocenters. The van der Waals surface area contributed by atoms with Crippen LogP contribution in [0.3, 0.4) is 0 Å². The minimum atomic E-state index is -0.350. The lowest BCUT2D eigenvalue weighted by atomic mass is 9.95. The van der Waals surface area contributed by atoms with E-state index in [9.17, 15) is 9.50 Å². The average molecular weight is 245 g/mol. The predicted octanol–water partition coefficient (Wildman–Crippen LogP) is 3.29. The summed E-state index contributed by atoms with van der Waals surface area (Å²) < 4.78 is 15.4. The van der Waals surface area contributed by atoms with Crippen molar-refractivity contribution in [3.63, 3.8) is 0 Å². The number of hydrogen-bond donors (Lipinski definition) is 1. The zero-order chi connectivity index (χ0) is 12.7. The first kappa shape index (κ1) is 11.5. The molecule has 1 aromatic heterocycles. The maximum absolute atomic E-state index is 13.3. The molecule has 3 rings (SSSR count). The fourth-order valence-corrected chi connectivity index (χ4v) is 2.69. The summed E-state index contributed by atoms with van der Waals surface area (Å²) in [7, 11) is 0. The first-order chi connectivity index (χ1) is 8.66. The molecule has 2 aromatic rings. The minimum absolute atomic E-state index is 0.181. The zero-order valence-electron chi connectivity index (χ0n) is 10.4. The van der Waals surface area contributed by atoms with Gasteiger partial charge in [0.1, 0.15) is 5.82 Å². The van der Waals surface area contributed by atoms with Crippen LogP contribution in [0.1, 0.15) is 35.8 Å². The van der Waals surface area contributed by atoms with Gasteiger partial charge in [-0.2, -0.15) is 0 Å². The normalized spacial score (nSPS) is 18.7. The number of aliphatic hydroxyl groups excluding tert-OH is 1. The van der Waals surface area contributed by atoms with Gasteiger partial charge in [0.2, 0.25) is 0 Å². The van der Waals surface area contributed by atoms with Crippen molar-refractivity contribution in [2.45, 2.75) is 32.3 Å². The van der Waals surface area contributed by atoms with E-state index in [1.165, 1.54) is 6.07 Å². The Balaban J connectivity index is 2.09. The third kappa shape index (κ3) is 1.75. The standard InChI is InChI=1S/C15H16FNO/c1-10-9-11(5-6-13(10)16)17-8-7-12-14(17)3-2-4-15(12)18/h5-9,15,18H,2-4H2,1H3. The smallest absolute Gasteiger partial charge is 0.126 e. The maximum Gasteiger partial charge on any atom is 0.126 e. The van der Waals surface area contributed by atoms with Crippen LogP contribution in [0.25, 0.3) is 5.69 Å². The fraction of sp³-hybridized carbons (Fsp3) is 0.333. The zero-order valence-corrected chi connectivity index (χ0v) is 10.4. The highest BCUT2D eigenvalue weighted by Crippen LogP contribution is 2.32. The molecule has 0 radical (unpaired) electrons. The molecular formula is C15H16FNO. The average Bonchev–Trinajstić information content (AvgIpc) is 2.78. The van der Waals surface area contributed by atoms with Crippen molar-refractivity contribution in [1.82, 2.24) is 4.57 Å². The molecule has 1 heterocycles. The Kier molecular flexibility index (Phi) is 2.71. The SMILES string of the molecule is Cc1cc(-n2ccc3c2CCCC3O)ccc1F. The summed E-state index contributed by atoms with van der Waals surface area (Å²) in [4.78, 5) is 0. The molecule has 0 aliphatic heterocycles. The Labute approximate surface area is 106 Å². The Morgan fingerprint density at radius 3 is 2.94 bits per heavy atom. The van der Waals surface area contributed by atoms with E-state index in [1.807, 2.05) is 18.3 Å². The molecule has 0 fully saturated rings. The van der Waals surface area contributed by atoms with Crippen LogP contribution in [0, 0.1) is 12.7 Å². The van der Waals surface area contributed by atoms with Crippen molar-refractivity contribution in [2.24, 2.45) is 0 Å². The van der Waals surface area contributed by atoms with Gasteiger partial charge in [-0.05, 0) is 56.0 Å². The van der Waals surface area contributed by atoms with Crippen LogP contribution in [-0.2, 0) is 6.42 Å². The van der Waals surface area contributed by atoms with Gasteiger partial charge in [-0.3, -0.25) is 0 Å². The van der Waals surface area contributed by atoms with Gasteiger partial charge >= 0.3 is 0 Å². The molecule has 1 aliphatic rings. The van der Waals surface area contributed by atoms with Gasteiger partial charge in [0.25, 0.3) is 0 Å². The topological polar surface area (TPSA) is 25.2 Å². The summed E-state index contributed by atoms with van der Waals surface area (Å²) in [5.74, 6) is -0.181. The number of fused-ring (bicyclic) bond motifs is 1. The lowest BCUT2D eigenvalue weighted by molar-refractivity contribution is 0.156. The molecular weight excluding hydrogens is 229 g/mol. The van der Waals surface area contributed by atoms with Crippen molar-refractivity contribution in [3.05, 3.63) is 53.1 Å². The van der Waals surface area contributed by atoms with Crippen LogP contribution in [0.2, 0.25) is 0 Å². The number of hydrogen-bond acceptors (Lipinski definition) is 1. The predicted molar refractivity (Wildman–Crippen MR) is 68.4 cm³/mol. The summed E-state index contributed by atoms with van der Waals surface area (Å²) in [6, 6.07) is 7.09. The van der Waals surface area contributed by atoms with Crippen LogP contribution in [0.4, 0.5) is 4.39 Å². The second kappa shape index (κ2) is 4.25. The van der Waals surface area contributed by atoms with Gasteiger partial charge in [0.05, 0.1) is 6.10 Å². The lowest BCUT2D eigenvalue weighted by Crippen LogP contribution is -2.11. The van der Waals surface area contributed by atoms with Crippen molar-refractivity contribution in [2.75, 3.05) is 0 Å². The monoisotopic (exact) mass is 245 g/mol. The minimum Gasteiger partial charge on any atom is -0.388 e. The van der Waals surface area contributed by atoms with Crippen molar-refractivity contribution >= 4 is 0 Å². The van der Waals surface area contributed by atoms with Crippen LogP contribution >= 0.6 is 0 Å². The van der Waals surface area contributed by atoms with E-state index in [-0.39, 0.29) is 11.9 Å². The van der Waals surface area contributed by atoms with Crippen LogP contribution in [-0.4, -0.2) is 9.67 Å². The van der Waals surface area contributed by atoms with Gasteiger partial charge in [-0.15, -0.1) is 0 Å². The van der Waals surface area contributed by atoms with E-state index in [1.54, 1.807) is 13.0 Å². The molecule has 3 heteroatoms. The summed E-state index contributed by atoms with van der Waals surface area (Å²) in [6.45, 7) is 1.77. The van der Waals surface area contributed by atoms with Gasteiger partial charge in [0, 0.05) is 23.1 Å². The number of benzene rings is 1. The third-order valence-corrected chi connectivity index (χ3v) is 3.70. The van der Waals surface area contributed by atoms with E-state index in [2.05, 4.69) is 4.57 Å². The van der Waals surface area contributed by atoms with Crippen LogP contribution < -0.4 is 0 Å². The Hall–Kier alpha value is -1.61. The van der Waals surface area contributed by atoms with Gasteiger partial charge in [-0.1, -0.05) is 0 Å². The summed E-state index contributed by atoms with van der Waals surface area (Å²) >= 11 is 0. The van der Waals surface area contributed by atoms with Gasteiger partial charge < -0.3 is 9.67 Å². The Bertz CT molecular complexity index is 588. The number of halogens is 1. The molecule has 1 aliphatic carbocycles. The molecule has 94 valence electrons. The third-order valence-electron chi connectivity index (χ3n) is 3.70.